The fourth-order valence-electron chi connectivity index (χ4n) is 5.29. The molecule has 39 heavy (non-hydrogen) atoms. The third-order valence-electron chi connectivity index (χ3n) is 7.28. The van der Waals surface area contributed by atoms with E-state index < -0.39 is 6.36 Å². The summed E-state index contributed by atoms with van der Waals surface area (Å²) < 4.78 is 48.4. The molecule has 2 saturated heterocycles. The summed E-state index contributed by atoms with van der Waals surface area (Å²) in [5, 5.41) is 8.63. The number of pyridine rings is 1. The molecule has 2 aliphatic heterocycles. The van der Waals surface area contributed by atoms with Gasteiger partial charge in [-0.3, -0.25) is 9.58 Å². The first-order valence-electron chi connectivity index (χ1n) is 13.0. The van der Waals surface area contributed by atoms with Crippen molar-refractivity contribution in [3.8, 4) is 28.7 Å². The Morgan fingerprint density at radius 2 is 1.90 bits per heavy atom. The van der Waals surface area contributed by atoms with Gasteiger partial charge in [0.15, 0.2) is 5.69 Å². The molecule has 0 amide bonds. The number of benzene rings is 1. The zero-order valence-electron chi connectivity index (χ0n) is 21.4. The summed E-state index contributed by atoms with van der Waals surface area (Å²) >= 11 is 0. The molecule has 0 radical (unpaired) electrons. The van der Waals surface area contributed by atoms with E-state index in [1.165, 1.54) is 50.1 Å². The molecule has 0 saturated carbocycles. The molecule has 1 atom stereocenters. The maximum absolute atomic E-state index is 12.4. The molecule has 0 spiro atoms. The summed E-state index contributed by atoms with van der Waals surface area (Å²) in [6.45, 7) is 6.80. The van der Waals surface area contributed by atoms with E-state index in [0.717, 1.165) is 36.7 Å². The van der Waals surface area contributed by atoms with E-state index in [1.807, 2.05) is 29.9 Å². The molecule has 4 aromatic rings. The zero-order chi connectivity index (χ0) is 27.0. The van der Waals surface area contributed by atoms with E-state index in [-0.39, 0.29) is 17.5 Å². The molecule has 6 rings (SSSR count). The van der Waals surface area contributed by atoms with Crippen molar-refractivity contribution in [3.05, 3.63) is 59.9 Å². The van der Waals surface area contributed by atoms with E-state index in [4.69, 9.17) is 4.52 Å². The molecule has 9 nitrogen and oxygen atoms in total. The first-order chi connectivity index (χ1) is 18.8. The second-order valence-electron chi connectivity index (χ2n) is 9.98. The number of rotatable bonds is 6. The van der Waals surface area contributed by atoms with Gasteiger partial charge in [0, 0.05) is 43.1 Å². The van der Waals surface area contributed by atoms with Crippen molar-refractivity contribution >= 4 is 5.82 Å². The number of ether oxygens (including phenoxy) is 1. The maximum atomic E-state index is 12.4. The first-order valence-corrected chi connectivity index (χ1v) is 13.0. The fourth-order valence-corrected chi connectivity index (χ4v) is 5.29. The molecule has 3 aromatic heterocycles. The van der Waals surface area contributed by atoms with Gasteiger partial charge in [-0.2, -0.15) is 10.1 Å². The Balaban J connectivity index is 1.14. The Morgan fingerprint density at radius 1 is 1.05 bits per heavy atom. The topological polar surface area (TPSA) is 85.3 Å². The number of aryl methyl sites for hydroxylation is 1. The Hall–Kier alpha value is -3.93. The van der Waals surface area contributed by atoms with Crippen LogP contribution in [-0.4, -0.2) is 68.4 Å². The van der Waals surface area contributed by atoms with Crippen molar-refractivity contribution in [1.29, 1.82) is 0 Å². The number of hydrogen-bond donors (Lipinski definition) is 0. The molecular formula is C27H28F3N7O2. The van der Waals surface area contributed by atoms with E-state index in [1.54, 1.807) is 0 Å². The highest BCUT2D eigenvalue weighted by molar-refractivity contribution is 5.59. The molecule has 12 heteroatoms. The summed E-state index contributed by atoms with van der Waals surface area (Å²) in [4.78, 5) is 14.0. The molecule has 1 aromatic carbocycles. The molecule has 0 aliphatic carbocycles. The number of halogens is 3. The molecule has 2 fully saturated rings. The largest absolute Gasteiger partial charge is 0.573 e. The van der Waals surface area contributed by atoms with Gasteiger partial charge >= 0.3 is 6.36 Å². The Bertz CT molecular complexity index is 1430. The summed E-state index contributed by atoms with van der Waals surface area (Å²) in [6.07, 6.45) is 0.954. The lowest BCUT2D eigenvalue weighted by atomic mass is 9.99. The third-order valence-corrected chi connectivity index (χ3v) is 7.28. The molecule has 0 N–H and O–H groups in total. The van der Waals surface area contributed by atoms with Crippen LogP contribution in [0.25, 0.3) is 23.0 Å². The van der Waals surface area contributed by atoms with Gasteiger partial charge in [0.1, 0.15) is 11.6 Å². The zero-order valence-corrected chi connectivity index (χ0v) is 21.4. The molecule has 204 valence electrons. The highest BCUT2D eigenvalue weighted by Gasteiger charge is 2.31. The standard InChI is InChI=1S/C27H28F3N7O2/c1-18-14-23(26-32-25(34-39-26)20-5-7-22(8-6-20)38-27(28,29)30)33-37(18)16-19-9-10-31-24(15-19)36-13-12-35-11-3-2-4-21(35)17-36/h5-10,14-15,21H,2-4,11-13,16-17H2,1H3. The molecule has 0 bridgehead atoms. The van der Waals surface area contributed by atoms with Gasteiger partial charge in [-0.15, -0.1) is 13.2 Å². The molecular weight excluding hydrogens is 511 g/mol. The van der Waals surface area contributed by atoms with Gasteiger partial charge in [0.2, 0.25) is 5.82 Å². The van der Waals surface area contributed by atoms with Crippen molar-refractivity contribution < 1.29 is 22.4 Å². The van der Waals surface area contributed by atoms with Crippen molar-refractivity contribution in [2.45, 2.75) is 45.1 Å². The van der Waals surface area contributed by atoms with Crippen LogP contribution in [0.3, 0.4) is 0 Å². The van der Waals surface area contributed by atoms with Gasteiger partial charge in [-0.1, -0.05) is 11.6 Å². The Morgan fingerprint density at radius 3 is 2.72 bits per heavy atom. The fraction of sp³-hybridized carbons (Fsp3) is 0.407. The number of hydrogen-bond acceptors (Lipinski definition) is 8. The van der Waals surface area contributed by atoms with E-state index in [2.05, 4.69) is 40.8 Å². The highest BCUT2D eigenvalue weighted by atomic mass is 19.4. The van der Waals surface area contributed by atoms with Crippen LogP contribution >= 0.6 is 0 Å². The number of fused-ring (bicyclic) bond motifs is 1. The number of nitrogens with zero attached hydrogens (tertiary/aromatic N) is 7. The number of piperidine rings is 1. The van der Waals surface area contributed by atoms with Gasteiger partial charge < -0.3 is 14.2 Å². The molecule has 5 heterocycles. The van der Waals surface area contributed by atoms with Gasteiger partial charge in [-0.25, -0.2) is 4.98 Å². The average molecular weight is 540 g/mol. The van der Waals surface area contributed by atoms with Crippen molar-refractivity contribution in [1.82, 2.24) is 29.8 Å². The van der Waals surface area contributed by atoms with Crippen molar-refractivity contribution in [2.75, 3.05) is 31.1 Å². The average Bonchev–Trinajstić information content (AvgIpc) is 3.55. The molecule has 1 unspecified atom stereocenters. The van der Waals surface area contributed by atoms with Gasteiger partial charge in [0.05, 0.1) is 6.54 Å². The van der Waals surface area contributed by atoms with E-state index in [9.17, 15) is 13.2 Å². The SMILES string of the molecule is Cc1cc(-c2nc(-c3ccc(OC(F)(F)F)cc3)no2)nn1Cc1ccnc(N2CCN3CCCCC3C2)c1. The minimum atomic E-state index is -4.75. The van der Waals surface area contributed by atoms with E-state index in [0.29, 0.717) is 23.8 Å². The number of anilines is 1. The summed E-state index contributed by atoms with van der Waals surface area (Å²) in [5.74, 6) is 1.15. The normalized spacial score (nSPS) is 18.3. The summed E-state index contributed by atoms with van der Waals surface area (Å²) in [5.41, 5.74) is 3.03. The van der Waals surface area contributed by atoms with Crippen LogP contribution in [0, 0.1) is 6.92 Å². The second kappa shape index (κ2) is 10.3. The second-order valence-corrected chi connectivity index (χ2v) is 9.98. The van der Waals surface area contributed by atoms with Crippen LogP contribution in [0.5, 0.6) is 5.75 Å². The lowest BCUT2D eigenvalue weighted by Gasteiger charge is -2.44. The first kappa shape index (κ1) is 25.4. The van der Waals surface area contributed by atoms with Gasteiger partial charge in [0.25, 0.3) is 5.89 Å². The monoisotopic (exact) mass is 539 g/mol. The minimum Gasteiger partial charge on any atom is -0.406 e. The minimum absolute atomic E-state index is 0.225. The van der Waals surface area contributed by atoms with Crippen molar-refractivity contribution in [3.63, 3.8) is 0 Å². The number of piperazine rings is 1. The maximum Gasteiger partial charge on any atom is 0.573 e. The predicted molar refractivity (Wildman–Crippen MR) is 137 cm³/mol. The van der Waals surface area contributed by atoms with Crippen LogP contribution in [0.15, 0.2) is 53.2 Å². The van der Waals surface area contributed by atoms with Crippen LogP contribution in [0.1, 0.15) is 30.5 Å². The van der Waals surface area contributed by atoms with E-state index >= 15 is 0 Å². The van der Waals surface area contributed by atoms with Crippen LogP contribution in [-0.2, 0) is 6.54 Å². The lowest BCUT2D eigenvalue weighted by Crippen LogP contribution is -2.55. The third kappa shape index (κ3) is 5.75. The van der Waals surface area contributed by atoms with Gasteiger partial charge in [-0.05, 0) is 74.3 Å². The Labute approximate surface area is 223 Å². The lowest BCUT2D eigenvalue weighted by molar-refractivity contribution is -0.274. The number of aromatic nitrogens is 5. The van der Waals surface area contributed by atoms with Crippen LogP contribution in [0.2, 0.25) is 0 Å². The quantitative estimate of drug-likeness (QED) is 0.341. The van der Waals surface area contributed by atoms with Crippen LogP contribution < -0.4 is 9.64 Å². The Kier molecular flexibility index (Phi) is 6.71. The predicted octanol–water partition coefficient (Wildman–Crippen LogP) is 4.92. The summed E-state index contributed by atoms with van der Waals surface area (Å²) in [6, 6.07) is 11.9. The van der Waals surface area contributed by atoms with Crippen LogP contribution in [0.4, 0.5) is 19.0 Å². The summed E-state index contributed by atoms with van der Waals surface area (Å²) in [7, 11) is 0. The molecule has 2 aliphatic rings. The smallest absolute Gasteiger partial charge is 0.406 e. The van der Waals surface area contributed by atoms with Crippen molar-refractivity contribution in [2.24, 2.45) is 0 Å². The number of alkyl halides is 3. The highest BCUT2D eigenvalue weighted by Crippen LogP contribution is 2.28.